The van der Waals surface area contributed by atoms with Crippen molar-refractivity contribution in [1.82, 2.24) is 19.9 Å². The number of carboxylic acids is 1. The molecule has 11 heteroatoms. The molecule has 0 aliphatic heterocycles. The van der Waals surface area contributed by atoms with Crippen molar-refractivity contribution in [2.24, 2.45) is 0 Å². The van der Waals surface area contributed by atoms with Gasteiger partial charge in [-0.1, -0.05) is 60.8 Å². The number of aromatic nitrogens is 3. The predicted molar refractivity (Wildman–Crippen MR) is 133 cm³/mol. The van der Waals surface area contributed by atoms with Crippen LogP contribution in [0.2, 0.25) is 15.2 Å². The molecule has 3 rings (SSSR count). The number of hydrogen-bond acceptors (Lipinski definition) is 5. The molecule has 0 radical (unpaired) electrons. The summed E-state index contributed by atoms with van der Waals surface area (Å²) in [6.07, 6.45) is 1.26. The van der Waals surface area contributed by atoms with Gasteiger partial charge in [-0.3, -0.25) is 9.59 Å². The number of aliphatic hydroxyl groups is 1. The molecule has 0 bridgehead atoms. The van der Waals surface area contributed by atoms with Gasteiger partial charge in [0, 0.05) is 28.5 Å². The molecular formula is C23H25Cl3N4O4. The second-order valence-corrected chi connectivity index (χ2v) is 8.28. The van der Waals surface area contributed by atoms with Gasteiger partial charge < -0.3 is 20.1 Å². The number of aliphatic carboxylic acids is 1. The van der Waals surface area contributed by atoms with Crippen LogP contribution >= 0.6 is 34.8 Å². The number of carbonyl (C=O) groups is 2. The fourth-order valence-electron chi connectivity index (χ4n) is 3.08. The molecule has 1 atom stereocenters. The van der Waals surface area contributed by atoms with Crippen molar-refractivity contribution in [3.05, 3.63) is 68.7 Å². The number of fused-ring (bicyclic) bond motifs is 1. The molecule has 2 heterocycles. The van der Waals surface area contributed by atoms with Crippen molar-refractivity contribution >= 4 is 57.8 Å². The number of H-pyrrole nitrogens is 1. The highest BCUT2D eigenvalue weighted by Gasteiger charge is 2.26. The summed E-state index contributed by atoms with van der Waals surface area (Å²) in [5, 5.41) is 20.6. The Balaban J connectivity index is 0.000000283. The lowest BCUT2D eigenvalue weighted by molar-refractivity contribution is -0.143. The molecule has 0 aliphatic rings. The Morgan fingerprint density at radius 3 is 2.41 bits per heavy atom. The molecule has 34 heavy (non-hydrogen) atoms. The quantitative estimate of drug-likeness (QED) is 0.353. The Morgan fingerprint density at radius 2 is 1.85 bits per heavy atom. The van der Waals surface area contributed by atoms with Gasteiger partial charge in [-0.25, -0.2) is 9.97 Å². The van der Waals surface area contributed by atoms with Crippen LogP contribution in [-0.4, -0.2) is 48.5 Å². The molecule has 0 spiro atoms. The van der Waals surface area contributed by atoms with Crippen LogP contribution in [0.5, 0.6) is 0 Å². The number of nitrogens with zero attached hydrogens (tertiary/aromatic N) is 3. The molecule has 1 aromatic carbocycles. The summed E-state index contributed by atoms with van der Waals surface area (Å²) in [5.74, 6) is -0.630. The molecule has 2 aromatic heterocycles. The Bertz CT molecular complexity index is 1200. The van der Waals surface area contributed by atoms with Crippen molar-refractivity contribution in [2.75, 3.05) is 6.54 Å². The smallest absolute Gasteiger partial charge is 0.323 e. The van der Waals surface area contributed by atoms with E-state index >= 15 is 0 Å². The first-order chi connectivity index (χ1) is 16.1. The highest BCUT2D eigenvalue weighted by Crippen LogP contribution is 2.32. The maximum absolute atomic E-state index is 12.0. The molecule has 0 saturated carbocycles. The van der Waals surface area contributed by atoms with E-state index in [0.717, 1.165) is 22.7 Å². The van der Waals surface area contributed by atoms with Crippen LogP contribution in [0.1, 0.15) is 44.7 Å². The monoisotopic (exact) mass is 526 g/mol. The van der Waals surface area contributed by atoms with Crippen LogP contribution in [0, 0.1) is 0 Å². The van der Waals surface area contributed by atoms with Crippen molar-refractivity contribution in [3.8, 4) is 0 Å². The highest BCUT2D eigenvalue weighted by atomic mass is 35.5. The first-order valence-electron chi connectivity index (χ1n) is 10.4. The number of aromatic amines is 1. The number of nitrogens with one attached hydrogen (secondary N) is 1. The van der Waals surface area contributed by atoms with Gasteiger partial charge in [0.05, 0.1) is 11.2 Å². The van der Waals surface area contributed by atoms with Crippen LogP contribution < -0.4 is 0 Å². The van der Waals surface area contributed by atoms with Gasteiger partial charge in [0.1, 0.15) is 23.6 Å². The minimum atomic E-state index is -1.23. The van der Waals surface area contributed by atoms with Crippen molar-refractivity contribution < 1.29 is 19.8 Å². The SMILES string of the molecule is C/C=C(/C(O)c1ccc(Cl)cc1Cl)N(CC(=O)O)C(=O)CC.CCc1nc2nc(Cl)ccc2[nH]1. The number of hydrogen-bond donors (Lipinski definition) is 3. The zero-order valence-corrected chi connectivity index (χ0v) is 21.1. The lowest BCUT2D eigenvalue weighted by Gasteiger charge is -2.27. The number of rotatable bonds is 7. The number of halogens is 3. The third kappa shape index (κ3) is 7.17. The van der Waals surface area contributed by atoms with E-state index in [4.69, 9.17) is 39.9 Å². The summed E-state index contributed by atoms with van der Waals surface area (Å²) in [5.41, 5.74) is 2.15. The zero-order chi connectivity index (χ0) is 25.4. The summed E-state index contributed by atoms with van der Waals surface area (Å²) in [7, 11) is 0. The van der Waals surface area contributed by atoms with E-state index < -0.39 is 24.5 Å². The maximum atomic E-state index is 12.0. The lowest BCUT2D eigenvalue weighted by Crippen LogP contribution is -2.36. The van der Waals surface area contributed by atoms with Gasteiger partial charge in [0.25, 0.3) is 0 Å². The van der Waals surface area contributed by atoms with E-state index in [1.165, 1.54) is 18.2 Å². The third-order valence-electron chi connectivity index (χ3n) is 4.74. The Morgan fingerprint density at radius 1 is 1.15 bits per heavy atom. The highest BCUT2D eigenvalue weighted by molar-refractivity contribution is 6.35. The summed E-state index contributed by atoms with van der Waals surface area (Å²) >= 11 is 17.6. The molecule has 182 valence electrons. The largest absolute Gasteiger partial charge is 0.480 e. The number of carbonyl (C=O) groups excluding carboxylic acids is 1. The number of allylic oxidation sites excluding steroid dienone is 1. The minimum Gasteiger partial charge on any atom is -0.480 e. The van der Waals surface area contributed by atoms with E-state index in [0.29, 0.717) is 21.4 Å². The van der Waals surface area contributed by atoms with Gasteiger partial charge in [-0.05, 0) is 31.2 Å². The normalized spacial score (nSPS) is 12.1. The number of amides is 1. The van der Waals surface area contributed by atoms with Crippen LogP contribution in [0.15, 0.2) is 42.1 Å². The number of aryl methyl sites for hydroxylation is 1. The van der Waals surface area contributed by atoms with Gasteiger partial charge in [-0.15, -0.1) is 0 Å². The topological polar surface area (TPSA) is 119 Å². The summed E-state index contributed by atoms with van der Waals surface area (Å²) in [6.45, 7) is 4.74. The van der Waals surface area contributed by atoms with Gasteiger partial charge >= 0.3 is 5.97 Å². The summed E-state index contributed by atoms with van der Waals surface area (Å²) in [6, 6.07) is 8.20. The summed E-state index contributed by atoms with van der Waals surface area (Å²) in [4.78, 5) is 35.4. The van der Waals surface area contributed by atoms with Crippen LogP contribution in [0.25, 0.3) is 11.2 Å². The predicted octanol–water partition coefficient (Wildman–Crippen LogP) is 5.43. The van der Waals surface area contributed by atoms with Crippen LogP contribution in [0.4, 0.5) is 0 Å². The van der Waals surface area contributed by atoms with Gasteiger partial charge in [0.2, 0.25) is 5.91 Å². The van der Waals surface area contributed by atoms with E-state index in [2.05, 4.69) is 15.0 Å². The number of aliphatic hydroxyl groups excluding tert-OH is 1. The number of pyridine rings is 1. The number of carboxylic acid groups (broad SMARTS) is 1. The molecule has 0 aliphatic carbocycles. The molecule has 8 nitrogen and oxygen atoms in total. The van der Waals surface area contributed by atoms with Crippen LogP contribution in [-0.2, 0) is 16.0 Å². The molecule has 0 saturated heterocycles. The molecule has 1 unspecified atom stereocenters. The standard InChI is InChI=1S/C15H17Cl2NO4.C8H8ClN3/c1-3-12(18(8-14(20)21)13(19)4-2)15(22)10-6-5-9(16)7-11(10)17;1-2-7-10-5-3-4-6(9)11-8(5)12-7/h3,5-7,15,22H,4,8H2,1-2H3,(H,20,21);3-4H,2H2,1H3,(H,10,11,12)/b12-3-;. The molecular weight excluding hydrogens is 503 g/mol. The first kappa shape index (κ1) is 27.6. The zero-order valence-electron chi connectivity index (χ0n) is 18.8. The van der Waals surface area contributed by atoms with Crippen molar-refractivity contribution in [3.63, 3.8) is 0 Å². The average Bonchev–Trinajstić information content (AvgIpc) is 3.20. The Hall–Kier alpha value is -2.65. The van der Waals surface area contributed by atoms with E-state index in [1.807, 2.05) is 13.0 Å². The van der Waals surface area contributed by atoms with Crippen molar-refractivity contribution in [2.45, 2.75) is 39.7 Å². The van der Waals surface area contributed by atoms with E-state index in [9.17, 15) is 14.7 Å². The van der Waals surface area contributed by atoms with E-state index in [-0.39, 0.29) is 17.1 Å². The maximum Gasteiger partial charge on any atom is 0.323 e. The Labute approximate surface area is 212 Å². The number of benzene rings is 1. The van der Waals surface area contributed by atoms with Crippen LogP contribution in [0.3, 0.4) is 0 Å². The lowest BCUT2D eigenvalue weighted by atomic mass is 10.0. The van der Waals surface area contributed by atoms with E-state index in [1.54, 1.807) is 26.0 Å². The summed E-state index contributed by atoms with van der Waals surface area (Å²) < 4.78 is 0. The fourth-order valence-corrected chi connectivity index (χ4v) is 3.74. The molecule has 0 fully saturated rings. The minimum absolute atomic E-state index is 0.117. The fraction of sp³-hybridized carbons (Fsp3) is 0.304. The average molecular weight is 528 g/mol. The first-order valence-corrected chi connectivity index (χ1v) is 11.6. The second kappa shape index (κ2) is 12.7. The third-order valence-corrected chi connectivity index (χ3v) is 5.51. The van der Waals surface area contributed by atoms with Crippen molar-refractivity contribution in [1.29, 1.82) is 0 Å². The van der Waals surface area contributed by atoms with Gasteiger partial charge in [0.15, 0.2) is 5.65 Å². The number of imidazole rings is 1. The van der Waals surface area contributed by atoms with Gasteiger partial charge in [-0.2, -0.15) is 0 Å². The Kier molecular flexibility index (Phi) is 10.3. The molecule has 3 aromatic rings. The molecule has 3 N–H and O–H groups in total. The molecule has 1 amide bonds. The second-order valence-electron chi connectivity index (χ2n) is 7.05.